The minimum Gasteiger partial charge on any atom is -0.294 e. The first-order valence-corrected chi connectivity index (χ1v) is 11.1. The van der Waals surface area contributed by atoms with Gasteiger partial charge >= 0.3 is 0 Å². The van der Waals surface area contributed by atoms with Crippen LogP contribution in [0.25, 0.3) is 5.57 Å². The van der Waals surface area contributed by atoms with Crippen LogP contribution in [0, 0.1) is 12.8 Å². The topological polar surface area (TPSA) is 51.2 Å². The lowest BCUT2D eigenvalue weighted by molar-refractivity contribution is -0.114. The molecule has 3 aromatic carbocycles. The maximum absolute atomic E-state index is 13.4. The Bertz CT molecular complexity index is 1120. The van der Waals surface area contributed by atoms with Crippen molar-refractivity contribution < 1.29 is 13.8 Å². The van der Waals surface area contributed by atoms with Crippen molar-refractivity contribution in [3.8, 4) is 0 Å². The summed E-state index contributed by atoms with van der Waals surface area (Å²) in [4.78, 5) is 26.6. The molecule has 30 heavy (non-hydrogen) atoms. The van der Waals surface area contributed by atoms with Gasteiger partial charge in [0.2, 0.25) is 0 Å². The van der Waals surface area contributed by atoms with Gasteiger partial charge in [-0.05, 0) is 36.3 Å². The summed E-state index contributed by atoms with van der Waals surface area (Å²) < 4.78 is 13.4. The van der Waals surface area contributed by atoms with E-state index in [9.17, 15) is 13.8 Å². The minimum absolute atomic E-state index is 0.0527. The molecule has 0 saturated carbocycles. The number of ketones is 2. The van der Waals surface area contributed by atoms with E-state index in [1.54, 1.807) is 30.3 Å². The molecule has 3 nitrogen and oxygen atoms in total. The van der Waals surface area contributed by atoms with Crippen LogP contribution in [0.1, 0.15) is 27.9 Å². The normalized spacial score (nSPS) is 19.4. The average molecular weight is 415 g/mol. The lowest BCUT2D eigenvalue weighted by atomic mass is 9.88. The van der Waals surface area contributed by atoms with Crippen molar-refractivity contribution in [1.82, 2.24) is 0 Å². The third-order valence-corrected chi connectivity index (χ3v) is 7.19. The van der Waals surface area contributed by atoms with E-state index in [1.165, 1.54) is 0 Å². The zero-order valence-corrected chi connectivity index (χ0v) is 17.5. The predicted octanol–water partition coefficient (Wildman–Crippen LogP) is 5.03. The predicted molar refractivity (Wildman–Crippen MR) is 120 cm³/mol. The fraction of sp³-hybridized carbons (Fsp3) is 0.154. The van der Waals surface area contributed by atoms with Crippen LogP contribution in [-0.2, 0) is 15.6 Å². The molecule has 0 saturated heterocycles. The van der Waals surface area contributed by atoms with Gasteiger partial charge in [0.25, 0.3) is 0 Å². The Morgan fingerprint density at radius 3 is 2.10 bits per heavy atom. The Morgan fingerprint density at radius 1 is 0.867 bits per heavy atom. The molecule has 0 aliphatic heterocycles. The van der Waals surface area contributed by atoms with Gasteiger partial charge in [-0.25, -0.2) is 0 Å². The van der Waals surface area contributed by atoms with E-state index in [1.807, 2.05) is 67.6 Å². The summed E-state index contributed by atoms with van der Waals surface area (Å²) in [5.74, 6) is -0.670. The number of carbonyl (C=O) groups is 2. The van der Waals surface area contributed by atoms with Gasteiger partial charge in [-0.3, -0.25) is 13.8 Å². The number of benzene rings is 3. The second-order valence-corrected chi connectivity index (χ2v) is 9.07. The van der Waals surface area contributed by atoms with Crippen LogP contribution in [0.15, 0.2) is 95.9 Å². The third-order valence-electron chi connectivity index (χ3n) is 5.44. The molecule has 0 spiro atoms. The van der Waals surface area contributed by atoms with Crippen LogP contribution < -0.4 is 0 Å². The first kappa shape index (κ1) is 20.2. The molecular formula is C26H22O3S. The Balaban J connectivity index is 1.71. The molecule has 1 aliphatic carbocycles. The Labute approximate surface area is 178 Å². The molecule has 1 unspecified atom stereocenters. The van der Waals surface area contributed by atoms with E-state index in [0.29, 0.717) is 10.5 Å². The number of Topliss-reactive ketones (excluding diaryl/α,β-unsaturated/α-hetero) is 1. The first-order chi connectivity index (χ1) is 14.5. The standard InChI is InChI=1S/C26H22O3S/c1-18-12-14-21(15-13-18)30(29)26-23(17-24(27)20-10-6-3-7-11-20)22(16-25(26)28)19-8-4-2-5-9-19/h2-16,23,26H,17H2,1H3/t23-,26+,30?/m0/s1. The van der Waals surface area contributed by atoms with Crippen molar-refractivity contribution in [3.63, 3.8) is 0 Å². The van der Waals surface area contributed by atoms with Crippen LogP contribution in [0.5, 0.6) is 0 Å². The largest absolute Gasteiger partial charge is 0.294 e. The molecular weight excluding hydrogens is 392 g/mol. The average Bonchev–Trinajstić information content (AvgIpc) is 3.10. The van der Waals surface area contributed by atoms with Gasteiger partial charge in [-0.15, -0.1) is 0 Å². The molecule has 0 heterocycles. The number of aryl methyl sites for hydroxylation is 1. The third kappa shape index (κ3) is 4.10. The summed E-state index contributed by atoms with van der Waals surface area (Å²) in [5.41, 5.74) is 3.34. The molecule has 0 amide bonds. The van der Waals surface area contributed by atoms with E-state index < -0.39 is 22.0 Å². The zero-order valence-electron chi connectivity index (χ0n) is 16.7. The molecule has 3 aromatic rings. The molecule has 1 aliphatic rings. The Morgan fingerprint density at radius 2 is 1.47 bits per heavy atom. The maximum atomic E-state index is 13.4. The number of hydrogen-bond acceptors (Lipinski definition) is 3. The fourth-order valence-electron chi connectivity index (χ4n) is 3.86. The highest BCUT2D eigenvalue weighted by Gasteiger charge is 2.42. The van der Waals surface area contributed by atoms with E-state index in [4.69, 9.17) is 0 Å². The summed E-state index contributed by atoms with van der Waals surface area (Å²) in [6, 6.07) is 26.0. The molecule has 3 atom stereocenters. The smallest absolute Gasteiger partial charge is 0.172 e. The summed E-state index contributed by atoms with van der Waals surface area (Å²) in [5, 5.41) is -0.768. The molecule has 4 heteroatoms. The van der Waals surface area contributed by atoms with Crippen molar-refractivity contribution in [2.24, 2.45) is 5.92 Å². The van der Waals surface area contributed by atoms with Crippen molar-refractivity contribution in [3.05, 3.63) is 108 Å². The number of hydrogen-bond donors (Lipinski definition) is 0. The molecule has 150 valence electrons. The van der Waals surface area contributed by atoms with E-state index in [-0.39, 0.29) is 18.0 Å². The van der Waals surface area contributed by atoms with Gasteiger partial charge in [0.05, 0.1) is 10.8 Å². The quantitative estimate of drug-likeness (QED) is 0.532. The highest BCUT2D eigenvalue weighted by atomic mass is 32.2. The minimum atomic E-state index is -1.55. The zero-order chi connectivity index (χ0) is 21.1. The van der Waals surface area contributed by atoms with Gasteiger partial charge in [0.1, 0.15) is 5.25 Å². The van der Waals surface area contributed by atoms with Gasteiger partial charge in [0.15, 0.2) is 11.6 Å². The highest BCUT2D eigenvalue weighted by molar-refractivity contribution is 7.86. The molecule has 0 radical (unpaired) electrons. The fourth-order valence-corrected chi connectivity index (χ4v) is 5.38. The summed E-state index contributed by atoms with van der Waals surface area (Å²) in [7, 11) is -1.55. The monoisotopic (exact) mass is 414 g/mol. The Kier molecular flexibility index (Phi) is 5.86. The van der Waals surface area contributed by atoms with Crippen molar-refractivity contribution in [2.75, 3.05) is 0 Å². The van der Waals surface area contributed by atoms with E-state index in [0.717, 1.165) is 16.7 Å². The highest BCUT2D eigenvalue weighted by Crippen LogP contribution is 2.39. The Hall–Kier alpha value is -3.11. The summed E-state index contributed by atoms with van der Waals surface area (Å²) in [6.07, 6.45) is 1.72. The van der Waals surface area contributed by atoms with Crippen LogP contribution in [0.2, 0.25) is 0 Å². The van der Waals surface area contributed by atoms with Crippen LogP contribution >= 0.6 is 0 Å². The SMILES string of the molecule is Cc1ccc(S(=O)[C@H]2C(=O)C=C(c3ccccc3)[C@@H]2CC(=O)c2ccccc2)cc1. The van der Waals surface area contributed by atoms with Gasteiger partial charge in [-0.1, -0.05) is 78.4 Å². The molecule has 0 bridgehead atoms. The lowest BCUT2D eigenvalue weighted by Crippen LogP contribution is -2.30. The van der Waals surface area contributed by atoms with Crippen LogP contribution in [-0.4, -0.2) is 21.0 Å². The number of allylic oxidation sites excluding steroid dienone is 2. The van der Waals surface area contributed by atoms with Gasteiger partial charge < -0.3 is 0 Å². The van der Waals surface area contributed by atoms with Gasteiger partial charge in [-0.2, -0.15) is 0 Å². The molecule has 4 rings (SSSR count). The second kappa shape index (κ2) is 8.72. The molecule has 0 fully saturated rings. The van der Waals surface area contributed by atoms with Crippen LogP contribution in [0.3, 0.4) is 0 Å². The van der Waals surface area contributed by atoms with Crippen molar-refractivity contribution in [2.45, 2.75) is 23.5 Å². The lowest BCUT2D eigenvalue weighted by Gasteiger charge is -2.21. The number of carbonyl (C=O) groups excluding carboxylic acids is 2. The summed E-state index contributed by atoms with van der Waals surface area (Å²) in [6.45, 7) is 1.96. The van der Waals surface area contributed by atoms with Gasteiger partial charge in [0, 0.05) is 22.8 Å². The van der Waals surface area contributed by atoms with Crippen LogP contribution in [0.4, 0.5) is 0 Å². The maximum Gasteiger partial charge on any atom is 0.172 e. The summed E-state index contributed by atoms with van der Waals surface area (Å²) >= 11 is 0. The molecule has 0 N–H and O–H groups in total. The first-order valence-electron chi connectivity index (χ1n) is 9.91. The van der Waals surface area contributed by atoms with Crippen molar-refractivity contribution in [1.29, 1.82) is 0 Å². The second-order valence-electron chi connectivity index (χ2n) is 7.50. The number of rotatable bonds is 6. The van der Waals surface area contributed by atoms with E-state index in [2.05, 4.69) is 0 Å². The van der Waals surface area contributed by atoms with E-state index >= 15 is 0 Å². The molecule has 0 aromatic heterocycles. The van der Waals surface area contributed by atoms with Crippen molar-refractivity contribution >= 4 is 27.9 Å².